The largest absolute Gasteiger partial charge is 0.456 e. The Bertz CT molecular complexity index is 1060. The van der Waals surface area contributed by atoms with E-state index in [9.17, 15) is 14.4 Å². The van der Waals surface area contributed by atoms with E-state index in [-0.39, 0.29) is 23.6 Å². The molecule has 27 heavy (non-hydrogen) atoms. The number of para-hydroxylation sites is 1. The van der Waals surface area contributed by atoms with Crippen LogP contribution in [0.1, 0.15) is 41.3 Å². The van der Waals surface area contributed by atoms with Gasteiger partial charge in [0.15, 0.2) is 0 Å². The van der Waals surface area contributed by atoms with Crippen LogP contribution in [-0.4, -0.2) is 26.5 Å². The number of fused-ring (bicyclic) bond motifs is 1. The number of benzene rings is 1. The number of carbonyl (C=O) groups excluding carboxylic acids is 2. The van der Waals surface area contributed by atoms with Crippen molar-refractivity contribution >= 4 is 33.9 Å². The highest BCUT2D eigenvalue weighted by Crippen LogP contribution is 2.17. The molecule has 9 heteroatoms. The lowest BCUT2D eigenvalue weighted by Gasteiger charge is -2.10. The lowest BCUT2D eigenvalue weighted by atomic mass is 10.1. The summed E-state index contributed by atoms with van der Waals surface area (Å²) < 4.78 is 6.53. The smallest absolute Gasteiger partial charge is 0.340 e. The van der Waals surface area contributed by atoms with Gasteiger partial charge in [-0.1, -0.05) is 37.3 Å². The molecule has 0 saturated carbocycles. The molecule has 0 radical (unpaired) electrons. The van der Waals surface area contributed by atoms with Crippen LogP contribution in [0.15, 0.2) is 35.1 Å². The first-order chi connectivity index (χ1) is 13.0. The molecule has 2 aromatic heterocycles. The molecule has 0 saturated heterocycles. The van der Waals surface area contributed by atoms with Gasteiger partial charge in [0.2, 0.25) is 10.9 Å². The van der Waals surface area contributed by atoms with Gasteiger partial charge >= 0.3 is 5.97 Å². The minimum atomic E-state index is -0.609. The maximum absolute atomic E-state index is 12.4. The second kappa shape index (κ2) is 8.09. The minimum absolute atomic E-state index is 0.153. The van der Waals surface area contributed by atoms with E-state index >= 15 is 0 Å². The lowest BCUT2D eigenvalue weighted by molar-refractivity contribution is -0.115. The van der Waals surface area contributed by atoms with Gasteiger partial charge < -0.3 is 10.1 Å². The highest BCUT2D eigenvalue weighted by Gasteiger charge is 2.15. The van der Waals surface area contributed by atoms with E-state index in [1.165, 1.54) is 21.9 Å². The van der Waals surface area contributed by atoms with Crippen molar-refractivity contribution < 1.29 is 14.3 Å². The molecule has 0 fully saturated rings. The molecular weight excluding hydrogens is 368 g/mol. The standard InChI is InChI=1S/C18H18N4O4S/c1-3-14(23)20-13-8-6-5-7-12(13)17(25)26-10-11-9-16(24)22-18(19-11)27-15(4-2)21-22/h5-9H,3-4,10H2,1-2H3,(H,20,23). The van der Waals surface area contributed by atoms with Gasteiger partial charge in [0.05, 0.1) is 16.9 Å². The number of hydrogen-bond acceptors (Lipinski definition) is 7. The van der Waals surface area contributed by atoms with Crippen molar-refractivity contribution in [2.75, 3.05) is 5.32 Å². The Labute approximate surface area is 158 Å². The second-order valence-corrected chi connectivity index (χ2v) is 6.69. The van der Waals surface area contributed by atoms with Crippen LogP contribution in [0.3, 0.4) is 0 Å². The van der Waals surface area contributed by atoms with Crippen LogP contribution in [0.4, 0.5) is 5.69 Å². The van der Waals surface area contributed by atoms with E-state index in [0.717, 1.165) is 5.01 Å². The number of nitrogens with zero attached hydrogens (tertiary/aromatic N) is 3. The summed E-state index contributed by atoms with van der Waals surface area (Å²) in [5.41, 5.74) is 0.642. The van der Waals surface area contributed by atoms with E-state index < -0.39 is 5.97 Å². The summed E-state index contributed by atoms with van der Waals surface area (Å²) in [7, 11) is 0. The van der Waals surface area contributed by atoms with Crippen molar-refractivity contribution in [3.8, 4) is 0 Å². The molecule has 0 aliphatic heterocycles. The maximum Gasteiger partial charge on any atom is 0.340 e. The van der Waals surface area contributed by atoms with E-state index in [0.29, 0.717) is 29.2 Å². The van der Waals surface area contributed by atoms with Gasteiger partial charge in [-0.2, -0.15) is 9.61 Å². The van der Waals surface area contributed by atoms with Gasteiger partial charge in [-0.15, -0.1) is 0 Å². The summed E-state index contributed by atoms with van der Waals surface area (Å²) in [6, 6.07) is 7.89. The number of amides is 1. The Morgan fingerprint density at radius 2 is 2.04 bits per heavy atom. The van der Waals surface area contributed by atoms with Gasteiger partial charge in [0.1, 0.15) is 11.6 Å². The van der Waals surface area contributed by atoms with Gasteiger partial charge in [-0.25, -0.2) is 9.78 Å². The second-order valence-electron chi connectivity index (χ2n) is 5.65. The summed E-state index contributed by atoms with van der Waals surface area (Å²) >= 11 is 1.32. The predicted molar refractivity (Wildman–Crippen MR) is 101 cm³/mol. The quantitative estimate of drug-likeness (QED) is 0.653. The van der Waals surface area contributed by atoms with Crippen molar-refractivity contribution in [3.05, 3.63) is 57.0 Å². The minimum Gasteiger partial charge on any atom is -0.456 e. The first-order valence-corrected chi connectivity index (χ1v) is 9.28. The van der Waals surface area contributed by atoms with Crippen LogP contribution < -0.4 is 10.9 Å². The number of rotatable bonds is 6. The molecule has 0 unspecified atom stereocenters. The third kappa shape index (κ3) is 4.20. The van der Waals surface area contributed by atoms with Crippen LogP contribution in [0.25, 0.3) is 4.96 Å². The van der Waals surface area contributed by atoms with Crippen LogP contribution in [0, 0.1) is 0 Å². The van der Waals surface area contributed by atoms with Crippen molar-refractivity contribution in [1.29, 1.82) is 0 Å². The fourth-order valence-corrected chi connectivity index (χ4v) is 3.20. The van der Waals surface area contributed by atoms with Crippen LogP contribution in [0.5, 0.6) is 0 Å². The zero-order valence-electron chi connectivity index (χ0n) is 14.9. The third-order valence-electron chi connectivity index (χ3n) is 3.74. The molecular formula is C18H18N4O4S. The molecule has 2 heterocycles. The molecule has 8 nitrogen and oxygen atoms in total. The molecule has 0 spiro atoms. The van der Waals surface area contributed by atoms with E-state index in [4.69, 9.17) is 4.74 Å². The van der Waals surface area contributed by atoms with E-state index in [1.807, 2.05) is 6.92 Å². The zero-order chi connectivity index (χ0) is 19.4. The SMILES string of the molecule is CCC(=O)Nc1ccccc1C(=O)OCc1cc(=O)n2nc(CC)sc2n1. The summed E-state index contributed by atoms with van der Waals surface area (Å²) in [6.45, 7) is 3.51. The fourth-order valence-electron chi connectivity index (χ4n) is 2.34. The Balaban J connectivity index is 1.77. The normalized spacial score (nSPS) is 10.7. The highest BCUT2D eigenvalue weighted by atomic mass is 32.1. The Morgan fingerprint density at radius 3 is 2.78 bits per heavy atom. The number of carbonyl (C=O) groups is 2. The van der Waals surface area contributed by atoms with Crippen LogP contribution >= 0.6 is 11.3 Å². The van der Waals surface area contributed by atoms with Crippen molar-refractivity contribution in [2.45, 2.75) is 33.3 Å². The molecule has 0 atom stereocenters. The van der Waals surface area contributed by atoms with Crippen LogP contribution in [-0.2, 0) is 22.6 Å². The Kier molecular flexibility index (Phi) is 5.60. The van der Waals surface area contributed by atoms with Crippen molar-refractivity contribution in [2.24, 2.45) is 0 Å². The molecule has 0 aliphatic carbocycles. The van der Waals surface area contributed by atoms with Gasteiger partial charge in [0.25, 0.3) is 5.56 Å². The number of anilines is 1. The highest BCUT2D eigenvalue weighted by molar-refractivity contribution is 7.16. The molecule has 1 aromatic carbocycles. The summed E-state index contributed by atoms with van der Waals surface area (Å²) in [4.78, 5) is 40.9. The number of aryl methyl sites for hydroxylation is 1. The van der Waals surface area contributed by atoms with Crippen molar-refractivity contribution in [1.82, 2.24) is 14.6 Å². The summed E-state index contributed by atoms with van der Waals surface area (Å²) in [6.07, 6.45) is 1.00. The summed E-state index contributed by atoms with van der Waals surface area (Å²) in [5.74, 6) is -0.810. The molecule has 1 N–H and O–H groups in total. The topological polar surface area (TPSA) is 103 Å². The number of aromatic nitrogens is 3. The molecule has 140 valence electrons. The summed E-state index contributed by atoms with van der Waals surface area (Å²) in [5, 5.41) is 7.64. The number of nitrogens with one attached hydrogen (secondary N) is 1. The first kappa shape index (κ1) is 18.7. The number of esters is 1. The number of ether oxygens (including phenoxy) is 1. The maximum atomic E-state index is 12.4. The fraction of sp³-hybridized carbons (Fsp3) is 0.278. The zero-order valence-corrected chi connectivity index (χ0v) is 15.7. The van der Waals surface area contributed by atoms with Crippen LogP contribution in [0.2, 0.25) is 0 Å². The Morgan fingerprint density at radius 1 is 1.26 bits per heavy atom. The lowest BCUT2D eigenvalue weighted by Crippen LogP contribution is -2.17. The predicted octanol–water partition coefficient (Wildman–Crippen LogP) is 2.42. The molecule has 1 amide bonds. The Hall–Kier alpha value is -3.07. The monoisotopic (exact) mass is 386 g/mol. The molecule has 3 aromatic rings. The van der Waals surface area contributed by atoms with E-state index in [2.05, 4.69) is 15.4 Å². The molecule has 0 bridgehead atoms. The first-order valence-electron chi connectivity index (χ1n) is 8.46. The van der Waals surface area contributed by atoms with Crippen molar-refractivity contribution in [3.63, 3.8) is 0 Å². The molecule has 3 rings (SSSR count). The van der Waals surface area contributed by atoms with Gasteiger partial charge in [-0.3, -0.25) is 9.59 Å². The molecule has 0 aliphatic rings. The van der Waals surface area contributed by atoms with Gasteiger partial charge in [-0.05, 0) is 18.6 Å². The number of hydrogen-bond donors (Lipinski definition) is 1. The van der Waals surface area contributed by atoms with E-state index in [1.54, 1.807) is 31.2 Å². The van der Waals surface area contributed by atoms with Gasteiger partial charge in [0, 0.05) is 12.5 Å². The average molecular weight is 386 g/mol. The third-order valence-corrected chi connectivity index (χ3v) is 4.79. The average Bonchev–Trinajstić information content (AvgIpc) is 3.10.